The van der Waals surface area contributed by atoms with Crippen LogP contribution < -0.4 is 0 Å². The first-order valence-corrected chi connectivity index (χ1v) is 9.52. The lowest BCUT2D eigenvalue weighted by molar-refractivity contribution is -0.171. The minimum atomic E-state index is -1.39. The number of rotatable bonds is 5. The summed E-state index contributed by atoms with van der Waals surface area (Å²) < 4.78 is 11.7. The molecular weight excluding hydrogens is 336 g/mol. The normalized spacial score (nSPS) is 21.4. The molecule has 0 bridgehead atoms. The Morgan fingerprint density at radius 2 is 1.63 bits per heavy atom. The molecule has 2 aromatic rings. The summed E-state index contributed by atoms with van der Waals surface area (Å²) in [7, 11) is 1.51. The number of ether oxygens (including phenoxy) is 2. The van der Waals surface area contributed by atoms with E-state index in [1.54, 1.807) is 6.92 Å². The van der Waals surface area contributed by atoms with Crippen LogP contribution >= 0.6 is 0 Å². The smallest absolute Gasteiger partial charge is 0.356 e. The Bertz CT molecular complexity index is 804. The van der Waals surface area contributed by atoms with Crippen molar-refractivity contribution in [1.82, 2.24) is 0 Å². The molecule has 0 radical (unpaired) electrons. The van der Waals surface area contributed by atoms with Gasteiger partial charge in [-0.05, 0) is 31.7 Å². The fraction of sp³-hybridized carbons (Fsp3) is 0.375. The summed E-state index contributed by atoms with van der Waals surface area (Å²) in [4.78, 5) is 13.3. The van der Waals surface area contributed by atoms with E-state index >= 15 is 0 Å². The lowest BCUT2D eigenvalue weighted by Crippen LogP contribution is -2.42. The van der Waals surface area contributed by atoms with Crippen LogP contribution in [0.2, 0.25) is 0 Å². The second-order valence-electron chi connectivity index (χ2n) is 6.87. The lowest BCUT2D eigenvalue weighted by Gasteiger charge is -2.34. The number of carbonyl (C=O) groups is 1. The molecule has 0 aliphatic heterocycles. The van der Waals surface area contributed by atoms with E-state index in [1.807, 2.05) is 48.5 Å². The van der Waals surface area contributed by atoms with Crippen molar-refractivity contribution in [2.24, 2.45) is 0 Å². The van der Waals surface area contributed by atoms with Gasteiger partial charge in [0.25, 0.3) is 5.60 Å². The maximum absolute atomic E-state index is 13.3. The fourth-order valence-corrected chi connectivity index (χ4v) is 3.88. The van der Waals surface area contributed by atoms with Crippen LogP contribution in [0.5, 0.6) is 0 Å². The Morgan fingerprint density at radius 3 is 2.26 bits per heavy atom. The molecule has 3 nitrogen and oxygen atoms in total. The van der Waals surface area contributed by atoms with Crippen LogP contribution in [0.4, 0.5) is 0 Å². The van der Waals surface area contributed by atoms with Crippen molar-refractivity contribution >= 4 is 5.97 Å². The van der Waals surface area contributed by atoms with E-state index in [0.29, 0.717) is 5.56 Å². The third-order valence-electron chi connectivity index (χ3n) is 5.26. The predicted octanol–water partition coefficient (Wildman–Crippen LogP) is 4.82. The van der Waals surface area contributed by atoms with E-state index in [0.717, 1.165) is 25.7 Å². The van der Waals surface area contributed by atoms with Gasteiger partial charge in [-0.2, -0.15) is 0 Å². The summed E-state index contributed by atoms with van der Waals surface area (Å²) >= 11 is 0. The second kappa shape index (κ2) is 8.88. The SMILES string of the molecule is CC#C[C@](OC)(C(=O)O[C@@H]1CCCC[C@H]1c1ccccc1)c1ccccc1. The van der Waals surface area contributed by atoms with Crippen molar-refractivity contribution in [3.63, 3.8) is 0 Å². The van der Waals surface area contributed by atoms with Crippen molar-refractivity contribution in [2.75, 3.05) is 7.11 Å². The minimum Gasteiger partial charge on any atom is -0.459 e. The standard InChI is InChI=1S/C24H26O3/c1-3-18-24(26-2,20-14-8-5-9-15-20)23(25)27-22-17-11-10-16-21(22)19-12-6-4-7-13-19/h4-9,12-15,21-22H,10-11,16-17H2,1-2H3/t21-,22+,24+/m0/s1. The van der Waals surface area contributed by atoms with Gasteiger partial charge in [-0.25, -0.2) is 4.79 Å². The Hall–Kier alpha value is -2.57. The van der Waals surface area contributed by atoms with Crippen LogP contribution in [0, 0.1) is 11.8 Å². The van der Waals surface area contributed by atoms with Crippen LogP contribution in [0.3, 0.4) is 0 Å². The number of hydrogen-bond acceptors (Lipinski definition) is 3. The molecule has 140 valence electrons. The Labute approximate surface area is 161 Å². The van der Waals surface area contributed by atoms with E-state index in [1.165, 1.54) is 12.7 Å². The summed E-state index contributed by atoms with van der Waals surface area (Å²) in [5, 5.41) is 0. The molecule has 1 aliphatic carbocycles. The fourth-order valence-electron chi connectivity index (χ4n) is 3.88. The molecule has 0 aromatic heterocycles. The molecular formula is C24H26O3. The highest BCUT2D eigenvalue weighted by molar-refractivity contribution is 5.85. The highest BCUT2D eigenvalue weighted by atomic mass is 16.6. The number of hydrogen-bond donors (Lipinski definition) is 0. The first-order chi connectivity index (χ1) is 13.2. The zero-order valence-corrected chi connectivity index (χ0v) is 16.0. The lowest BCUT2D eigenvalue weighted by atomic mass is 9.81. The van der Waals surface area contributed by atoms with Crippen LogP contribution in [0.25, 0.3) is 0 Å². The van der Waals surface area contributed by atoms with Gasteiger partial charge in [0.2, 0.25) is 0 Å². The van der Waals surface area contributed by atoms with E-state index in [-0.39, 0.29) is 12.0 Å². The minimum absolute atomic E-state index is 0.162. The molecule has 0 unspecified atom stereocenters. The second-order valence-corrected chi connectivity index (χ2v) is 6.87. The van der Waals surface area contributed by atoms with Crippen molar-refractivity contribution in [1.29, 1.82) is 0 Å². The molecule has 0 amide bonds. The maximum Gasteiger partial charge on any atom is 0.356 e. The summed E-state index contributed by atoms with van der Waals surface area (Å²) in [5.41, 5.74) is 0.521. The van der Waals surface area contributed by atoms with Crippen LogP contribution in [-0.2, 0) is 19.9 Å². The third-order valence-corrected chi connectivity index (χ3v) is 5.26. The topological polar surface area (TPSA) is 35.5 Å². The van der Waals surface area contributed by atoms with Crippen molar-refractivity contribution < 1.29 is 14.3 Å². The monoisotopic (exact) mass is 362 g/mol. The van der Waals surface area contributed by atoms with E-state index in [9.17, 15) is 4.79 Å². The molecule has 0 N–H and O–H groups in total. The molecule has 3 heteroatoms. The highest BCUT2D eigenvalue weighted by Gasteiger charge is 2.43. The van der Waals surface area contributed by atoms with Gasteiger partial charge in [-0.15, -0.1) is 5.92 Å². The van der Waals surface area contributed by atoms with Gasteiger partial charge < -0.3 is 9.47 Å². The maximum atomic E-state index is 13.3. The van der Waals surface area contributed by atoms with Crippen molar-refractivity contribution in [3.05, 3.63) is 71.8 Å². The molecule has 1 aliphatic rings. The summed E-state index contributed by atoms with van der Waals surface area (Å²) in [6.45, 7) is 1.71. The predicted molar refractivity (Wildman–Crippen MR) is 106 cm³/mol. The number of carbonyl (C=O) groups excluding carboxylic acids is 1. The van der Waals surface area contributed by atoms with Crippen molar-refractivity contribution in [2.45, 2.75) is 50.2 Å². The zero-order valence-electron chi connectivity index (χ0n) is 16.0. The Kier molecular flexibility index (Phi) is 6.32. The molecule has 1 fully saturated rings. The van der Waals surface area contributed by atoms with Gasteiger partial charge in [0.1, 0.15) is 6.10 Å². The number of esters is 1. The van der Waals surface area contributed by atoms with Gasteiger partial charge in [0, 0.05) is 18.6 Å². The molecule has 0 heterocycles. The molecule has 0 spiro atoms. The summed E-state index contributed by atoms with van der Waals surface area (Å²) in [6, 6.07) is 19.7. The Morgan fingerprint density at radius 1 is 1.00 bits per heavy atom. The summed E-state index contributed by atoms with van der Waals surface area (Å²) in [6.07, 6.45) is 3.93. The molecule has 3 rings (SSSR count). The van der Waals surface area contributed by atoms with Crippen molar-refractivity contribution in [3.8, 4) is 11.8 Å². The van der Waals surface area contributed by atoms with E-state index in [4.69, 9.17) is 9.47 Å². The Balaban J connectivity index is 1.89. The van der Waals surface area contributed by atoms with Crippen LogP contribution in [0.1, 0.15) is 49.7 Å². The van der Waals surface area contributed by atoms with Gasteiger partial charge >= 0.3 is 5.97 Å². The number of benzene rings is 2. The van der Waals surface area contributed by atoms with Gasteiger partial charge in [0.05, 0.1) is 0 Å². The molecule has 1 saturated carbocycles. The van der Waals surface area contributed by atoms with E-state index in [2.05, 4.69) is 24.0 Å². The molecule has 2 aromatic carbocycles. The molecule has 0 saturated heterocycles. The average molecular weight is 362 g/mol. The molecule has 3 atom stereocenters. The first kappa shape index (κ1) is 19.2. The third kappa shape index (κ3) is 4.07. The largest absolute Gasteiger partial charge is 0.459 e. The highest BCUT2D eigenvalue weighted by Crippen LogP contribution is 2.37. The molecule has 27 heavy (non-hydrogen) atoms. The van der Waals surface area contributed by atoms with Gasteiger partial charge in [0.15, 0.2) is 0 Å². The first-order valence-electron chi connectivity index (χ1n) is 9.52. The van der Waals surface area contributed by atoms with Gasteiger partial charge in [-0.1, -0.05) is 73.0 Å². The van der Waals surface area contributed by atoms with E-state index < -0.39 is 11.6 Å². The quantitative estimate of drug-likeness (QED) is 0.565. The average Bonchev–Trinajstić information content (AvgIpc) is 2.73. The zero-order chi connectivity index (χ0) is 19.1. The number of methoxy groups -OCH3 is 1. The van der Waals surface area contributed by atoms with Crippen LogP contribution in [-0.4, -0.2) is 19.2 Å². The van der Waals surface area contributed by atoms with Crippen LogP contribution in [0.15, 0.2) is 60.7 Å². The van der Waals surface area contributed by atoms with Gasteiger partial charge in [-0.3, -0.25) is 0 Å². The summed E-state index contributed by atoms with van der Waals surface area (Å²) in [5.74, 6) is 5.58.